The van der Waals surface area contributed by atoms with Gasteiger partial charge in [-0.15, -0.1) is 0 Å². The number of nitrogens with two attached hydrogens (primary N) is 1. The maximum atomic E-state index is 13.8. The van der Waals surface area contributed by atoms with Gasteiger partial charge in [-0.05, 0) is 62.5 Å². The van der Waals surface area contributed by atoms with Crippen molar-refractivity contribution in [3.05, 3.63) is 50.4 Å². The molecule has 1 heterocycles. The van der Waals surface area contributed by atoms with Crippen molar-refractivity contribution < 1.29 is 8.78 Å². The number of anilines is 1. The second-order valence-corrected chi connectivity index (χ2v) is 6.32. The Balaban J connectivity index is 2.37. The maximum absolute atomic E-state index is 13.8. The molecule has 0 bridgehead atoms. The number of aryl methyl sites for hydroxylation is 1. The molecule has 0 atom stereocenters. The second kappa shape index (κ2) is 5.06. The van der Waals surface area contributed by atoms with Gasteiger partial charge in [0.15, 0.2) is 0 Å². The molecule has 0 aliphatic heterocycles. The smallest absolute Gasteiger partial charge is 0.205 e. The van der Waals surface area contributed by atoms with Crippen LogP contribution in [0.25, 0.3) is 16.7 Å². The summed E-state index contributed by atoms with van der Waals surface area (Å²) in [5, 5.41) is 0. The van der Waals surface area contributed by atoms with Crippen LogP contribution in [0.2, 0.25) is 0 Å². The van der Waals surface area contributed by atoms with E-state index in [0.29, 0.717) is 25.7 Å². The zero-order chi connectivity index (χ0) is 15.3. The summed E-state index contributed by atoms with van der Waals surface area (Å²) in [4.78, 5) is 4.13. The van der Waals surface area contributed by atoms with Crippen LogP contribution in [0.5, 0.6) is 0 Å². The molecule has 0 unspecified atom stereocenters. The highest BCUT2D eigenvalue weighted by molar-refractivity contribution is 9.10. The highest BCUT2D eigenvalue weighted by Gasteiger charge is 2.16. The van der Waals surface area contributed by atoms with Gasteiger partial charge >= 0.3 is 0 Å². The SMILES string of the molecule is Cc1cc(Br)c(F)cc1-n1c(N)nc2cc(F)c(Br)cc21. The van der Waals surface area contributed by atoms with Crippen molar-refractivity contribution in [2.75, 3.05) is 5.73 Å². The molecule has 7 heteroatoms. The minimum Gasteiger partial charge on any atom is -0.369 e. The monoisotopic (exact) mass is 415 g/mol. The van der Waals surface area contributed by atoms with Crippen molar-refractivity contribution in [3.8, 4) is 5.69 Å². The number of nitrogen functional groups attached to an aromatic ring is 1. The lowest BCUT2D eigenvalue weighted by Crippen LogP contribution is -2.03. The Morgan fingerprint density at radius 1 is 1.05 bits per heavy atom. The molecule has 21 heavy (non-hydrogen) atoms. The number of rotatable bonds is 1. The highest BCUT2D eigenvalue weighted by atomic mass is 79.9. The molecule has 0 saturated carbocycles. The number of hydrogen-bond acceptors (Lipinski definition) is 2. The number of imidazole rings is 1. The number of benzene rings is 2. The number of fused-ring (bicyclic) bond motifs is 1. The summed E-state index contributed by atoms with van der Waals surface area (Å²) < 4.78 is 29.7. The lowest BCUT2D eigenvalue weighted by Gasteiger charge is -2.11. The minimum atomic E-state index is -0.425. The maximum Gasteiger partial charge on any atom is 0.205 e. The first kappa shape index (κ1) is 14.5. The molecule has 0 saturated heterocycles. The van der Waals surface area contributed by atoms with E-state index in [4.69, 9.17) is 5.73 Å². The van der Waals surface area contributed by atoms with Crippen LogP contribution >= 0.6 is 31.9 Å². The average Bonchev–Trinajstić information content (AvgIpc) is 2.70. The van der Waals surface area contributed by atoms with Gasteiger partial charge in [0.2, 0.25) is 5.95 Å². The molecule has 0 aliphatic rings. The summed E-state index contributed by atoms with van der Waals surface area (Å²) in [7, 11) is 0. The Bertz CT molecular complexity index is 875. The molecule has 0 spiro atoms. The molecule has 0 aliphatic carbocycles. The Labute approximate surface area is 136 Å². The summed E-state index contributed by atoms with van der Waals surface area (Å²) >= 11 is 6.28. The Morgan fingerprint density at radius 3 is 2.38 bits per heavy atom. The van der Waals surface area contributed by atoms with E-state index < -0.39 is 11.6 Å². The highest BCUT2D eigenvalue weighted by Crippen LogP contribution is 2.31. The predicted octanol–water partition coefficient (Wildman–Crippen LogP) is 4.72. The van der Waals surface area contributed by atoms with Gasteiger partial charge in [-0.2, -0.15) is 0 Å². The van der Waals surface area contributed by atoms with Crippen LogP contribution in [0.1, 0.15) is 5.56 Å². The zero-order valence-electron chi connectivity index (χ0n) is 10.8. The van der Waals surface area contributed by atoms with Crippen LogP contribution in [-0.2, 0) is 0 Å². The van der Waals surface area contributed by atoms with E-state index in [0.717, 1.165) is 5.56 Å². The van der Waals surface area contributed by atoms with Crippen molar-refractivity contribution >= 4 is 48.8 Å². The van der Waals surface area contributed by atoms with Gasteiger partial charge in [-0.25, -0.2) is 13.8 Å². The van der Waals surface area contributed by atoms with Crippen LogP contribution in [0.3, 0.4) is 0 Å². The van der Waals surface area contributed by atoms with Gasteiger partial charge in [0.25, 0.3) is 0 Å². The van der Waals surface area contributed by atoms with Gasteiger partial charge in [0, 0.05) is 6.07 Å². The average molecular weight is 417 g/mol. The molecule has 0 radical (unpaired) electrons. The van der Waals surface area contributed by atoms with Crippen LogP contribution in [-0.4, -0.2) is 9.55 Å². The molecule has 1 aromatic heterocycles. The standard InChI is InChI=1S/C14H9Br2F2N3/c1-6-2-7(15)10(18)5-12(6)21-13-3-8(16)9(17)4-11(13)20-14(21)19/h2-5H,1H3,(H2,19,20). The Morgan fingerprint density at radius 2 is 1.67 bits per heavy atom. The van der Waals surface area contributed by atoms with Gasteiger partial charge in [0.05, 0.1) is 25.7 Å². The first-order valence-electron chi connectivity index (χ1n) is 5.97. The third-order valence-corrected chi connectivity index (χ3v) is 4.42. The third kappa shape index (κ3) is 2.34. The number of nitrogens with zero attached hydrogens (tertiary/aromatic N) is 2. The third-order valence-electron chi connectivity index (χ3n) is 3.20. The van der Waals surface area contributed by atoms with Gasteiger partial charge in [-0.3, -0.25) is 4.57 Å². The van der Waals surface area contributed by atoms with Crippen LogP contribution in [0.15, 0.2) is 33.2 Å². The summed E-state index contributed by atoms with van der Waals surface area (Å²) in [5.41, 5.74) is 8.32. The molecular formula is C14H9Br2F2N3. The first-order valence-corrected chi connectivity index (χ1v) is 7.56. The molecular weight excluding hydrogens is 408 g/mol. The quantitative estimate of drug-likeness (QED) is 0.623. The number of hydrogen-bond donors (Lipinski definition) is 1. The van der Waals surface area contributed by atoms with Crippen LogP contribution in [0, 0.1) is 18.6 Å². The van der Waals surface area contributed by atoms with E-state index >= 15 is 0 Å². The lowest BCUT2D eigenvalue weighted by molar-refractivity contribution is 0.619. The van der Waals surface area contributed by atoms with Crippen LogP contribution in [0.4, 0.5) is 14.7 Å². The van der Waals surface area contributed by atoms with E-state index in [1.54, 1.807) is 16.7 Å². The van der Waals surface area contributed by atoms with E-state index in [-0.39, 0.29) is 5.95 Å². The summed E-state index contributed by atoms with van der Waals surface area (Å²) in [6.07, 6.45) is 0. The van der Waals surface area contributed by atoms with E-state index in [2.05, 4.69) is 36.8 Å². The van der Waals surface area contributed by atoms with Gasteiger partial charge < -0.3 is 5.73 Å². The lowest BCUT2D eigenvalue weighted by atomic mass is 10.2. The first-order chi connectivity index (χ1) is 9.88. The van der Waals surface area contributed by atoms with Crippen molar-refractivity contribution in [1.82, 2.24) is 9.55 Å². The molecule has 3 rings (SSSR count). The van der Waals surface area contributed by atoms with Gasteiger partial charge in [-0.1, -0.05) is 0 Å². The fourth-order valence-corrected chi connectivity index (χ4v) is 3.01. The minimum absolute atomic E-state index is 0.173. The normalized spacial score (nSPS) is 11.3. The molecule has 3 nitrogen and oxygen atoms in total. The fourth-order valence-electron chi connectivity index (χ4n) is 2.22. The van der Waals surface area contributed by atoms with E-state index in [9.17, 15) is 8.78 Å². The van der Waals surface area contributed by atoms with Crippen molar-refractivity contribution in [2.24, 2.45) is 0 Å². The molecule has 108 valence electrons. The largest absolute Gasteiger partial charge is 0.369 e. The van der Waals surface area contributed by atoms with Gasteiger partial charge in [0.1, 0.15) is 11.6 Å². The van der Waals surface area contributed by atoms with Crippen molar-refractivity contribution in [1.29, 1.82) is 0 Å². The van der Waals surface area contributed by atoms with E-state index in [1.807, 2.05) is 6.92 Å². The van der Waals surface area contributed by atoms with Crippen molar-refractivity contribution in [2.45, 2.75) is 6.92 Å². The molecule has 3 aromatic rings. The molecule has 0 amide bonds. The zero-order valence-corrected chi connectivity index (χ0v) is 14.0. The van der Waals surface area contributed by atoms with Crippen molar-refractivity contribution in [3.63, 3.8) is 0 Å². The second-order valence-electron chi connectivity index (χ2n) is 4.61. The molecule has 2 N–H and O–H groups in total. The Hall–Kier alpha value is -1.47. The number of halogens is 4. The number of aromatic nitrogens is 2. The predicted molar refractivity (Wildman–Crippen MR) is 85.5 cm³/mol. The summed E-state index contributed by atoms with van der Waals surface area (Å²) in [6.45, 7) is 1.84. The van der Waals surface area contributed by atoms with E-state index in [1.165, 1.54) is 12.1 Å². The summed E-state index contributed by atoms with van der Waals surface area (Å²) in [6, 6.07) is 5.90. The molecule has 2 aromatic carbocycles. The van der Waals surface area contributed by atoms with Crippen LogP contribution < -0.4 is 5.73 Å². The topological polar surface area (TPSA) is 43.8 Å². The fraction of sp³-hybridized carbons (Fsp3) is 0.0714. The Kier molecular flexibility index (Phi) is 3.49. The summed E-state index contributed by atoms with van der Waals surface area (Å²) in [5.74, 6) is -0.656. The molecule has 0 fully saturated rings.